The molecule has 1 amide bonds. The summed E-state index contributed by atoms with van der Waals surface area (Å²) in [6, 6.07) is 0. The first-order valence-corrected chi connectivity index (χ1v) is 8.62. The van der Waals surface area contributed by atoms with Gasteiger partial charge in [0.25, 0.3) is 0 Å². The van der Waals surface area contributed by atoms with Crippen LogP contribution in [0, 0.1) is 0 Å². The minimum atomic E-state index is -0.133. The van der Waals surface area contributed by atoms with Gasteiger partial charge < -0.3 is 0 Å². The Morgan fingerprint density at radius 3 is 2.85 bits per heavy atom. The van der Waals surface area contributed by atoms with Crippen LogP contribution in [0.15, 0.2) is 5.16 Å². The lowest BCUT2D eigenvalue weighted by Gasteiger charge is -2.13. The number of carbonyl (C=O) groups excluding carboxylic acids is 1. The molecule has 5 nitrogen and oxygen atoms in total. The molecule has 0 saturated carbocycles. The van der Waals surface area contributed by atoms with Gasteiger partial charge in [0, 0.05) is 11.8 Å². The zero-order chi connectivity index (χ0) is 14.1. The smallest absolute Gasteiger partial charge is 0.235 e. The Bertz CT molecular complexity index is 668. The highest BCUT2D eigenvalue weighted by molar-refractivity contribution is 7.98. The molecule has 0 unspecified atom stereocenters. The molecule has 1 aliphatic rings. The van der Waals surface area contributed by atoms with Gasteiger partial charge in [-0.2, -0.15) is 0 Å². The fourth-order valence-electron chi connectivity index (χ4n) is 2.47. The number of amides is 1. The van der Waals surface area contributed by atoms with E-state index < -0.39 is 0 Å². The molecule has 7 heteroatoms. The lowest BCUT2D eigenvalue weighted by Crippen LogP contribution is -2.27. The molecule has 0 aliphatic heterocycles. The van der Waals surface area contributed by atoms with E-state index in [1.54, 1.807) is 11.3 Å². The van der Waals surface area contributed by atoms with Crippen molar-refractivity contribution in [3.8, 4) is 0 Å². The molecule has 106 valence electrons. The highest BCUT2D eigenvalue weighted by Gasteiger charge is 2.21. The third-order valence-corrected chi connectivity index (χ3v) is 5.07. The maximum Gasteiger partial charge on any atom is 0.235 e. The fraction of sp³-hybridized carbons (Fsp3) is 0.462. The first kappa shape index (κ1) is 13.6. The van der Waals surface area contributed by atoms with Crippen molar-refractivity contribution in [2.45, 2.75) is 37.8 Å². The van der Waals surface area contributed by atoms with Crippen LogP contribution in [-0.4, -0.2) is 22.1 Å². The monoisotopic (exact) mass is 308 g/mol. The number of aryl methyl sites for hydroxylation is 2. The maximum atomic E-state index is 11.1. The van der Waals surface area contributed by atoms with E-state index in [0.717, 1.165) is 28.2 Å². The van der Waals surface area contributed by atoms with Crippen molar-refractivity contribution < 1.29 is 4.79 Å². The molecule has 0 fully saturated rings. The van der Waals surface area contributed by atoms with Gasteiger partial charge in [0.15, 0.2) is 11.0 Å². The summed E-state index contributed by atoms with van der Waals surface area (Å²) < 4.78 is 0. The number of fused-ring (bicyclic) bond motifs is 3. The average molecular weight is 308 g/mol. The number of nitrogens with zero attached hydrogens (tertiary/aromatic N) is 2. The van der Waals surface area contributed by atoms with E-state index in [-0.39, 0.29) is 5.91 Å². The summed E-state index contributed by atoms with van der Waals surface area (Å²) in [6.45, 7) is 1.48. The number of thioether (sulfide) groups is 1. The van der Waals surface area contributed by atoms with E-state index in [4.69, 9.17) is 0 Å². The van der Waals surface area contributed by atoms with Gasteiger partial charge in [0.05, 0.1) is 5.39 Å². The normalized spacial score (nSPS) is 14.1. The summed E-state index contributed by atoms with van der Waals surface area (Å²) in [6.07, 6.45) is 6.62. The quantitative estimate of drug-likeness (QED) is 0.518. The second kappa shape index (κ2) is 5.57. The summed E-state index contributed by atoms with van der Waals surface area (Å²) >= 11 is 3.27. The Labute approximate surface area is 125 Å². The van der Waals surface area contributed by atoms with E-state index in [1.165, 1.54) is 42.0 Å². The Morgan fingerprint density at radius 2 is 2.10 bits per heavy atom. The third kappa shape index (κ3) is 2.47. The van der Waals surface area contributed by atoms with Gasteiger partial charge in [-0.25, -0.2) is 9.97 Å². The molecular formula is C13H16N4OS2. The standard InChI is InChI=1S/C13H16N4OS2/c1-7(18)16-17-11-10-8-5-3-4-6-9(8)20-12(10)15-13(14-11)19-2/h3-6H2,1-2H3,(H,16,18)(H,14,15,17). The zero-order valence-corrected chi connectivity index (χ0v) is 13.1. The van der Waals surface area contributed by atoms with Crippen molar-refractivity contribution in [2.24, 2.45) is 0 Å². The predicted molar refractivity (Wildman–Crippen MR) is 83.3 cm³/mol. The Kier molecular flexibility index (Phi) is 3.80. The zero-order valence-electron chi connectivity index (χ0n) is 11.4. The van der Waals surface area contributed by atoms with Crippen LogP contribution < -0.4 is 10.9 Å². The molecule has 0 radical (unpaired) electrons. The van der Waals surface area contributed by atoms with Crippen molar-refractivity contribution in [3.05, 3.63) is 10.4 Å². The van der Waals surface area contributed by atoms with Crippen LogP contribution in [0.1, 0.15) is 30.2 Å². The van der Waals surface area contributed by atoms with Crippen LogP contribution in [0.3, 0.4) is 0 Å². The predicted octanol–water partition coefficient (Wildman–Crippen LogP) is 2.76. The largest absolute Gasteiger partial charge is 0.281 e. The lowest BCUT2D eigenvalue weighted by molar-refractivity contribution is -0.118. The van der Waals surface area contributed by atoms with E-state index in [9.17, 15) is 4.79 Å². The van der Waals surface area contributed by atoms with Crippen LogP contribution in [-0.2, 0) is 17.6 Å². The number of carbonyl (C=O) groups is 1. The average Bonchev–Trinajstić information content (AvgIpc) is 2.82. The second-order valence-corrected chi connectivity index (χ2v) is 6.61. The van der Waals surface area contributed by atoms with Crippen LogP contribution >= 0.6 is 23.1 Å². The van der Waals surface area contributed by atoms with Gasteiger partial charge >= 0.3 is 0 Å². The lowest BCUT2D eigenvalue weighted by atomic mass is 9.97. The van der Waals surface area contributed by atoms with Crippen LogP contribution in [0.5, 0.6) is 0 Å². The van der Waals surface area contributed by atoms with Crippen molar-refractivity contribution >= 4 is 45.0 Å². The molecule has 0 bridgehead atoms. The molecule has 2 aromatic heterocycles. The number of nitrogens with one attached hydrogen (secondary N) is 2. The minimum absolute atomic E-state index is 0.133. The molecule has 1 aliphatic carbocycles. The van der Waals surface area contributed by atoms with E-state index >= 15 is 0 Å². The molecular weight excluding hydrogens is 292 g/mol. The first-order valence-electron chi connectivity index (χ1n) is 6.58. The van der Waals surface area contributed by atoms with Crippen molar-refractivity contribution in [1.29, 1.82) is 0 Å². The summed E-state index contributed by atoms with van der Waals surface area (Å²) in [7, 11) is 0. The molecule has 0 atom stereocenters. The van der Waals surface area contributed by atoms with Crippen LogP contribution in [0.25, 0.3) is 10.2 Å². The molecule has 2 heterocycles. The van der Waals surface area contributed by atoms with Crippen molar-refractivity contribution in [2.75, 3.05) is 11.7 Å². The number of thiophene rings is 1. The topological polar surface area (TPSA) is 66.9 Å². The van der Waals surface area contributed by atoms with Gasteiger partial charge in [-0.3, -0.25) is 15.6 Å². The molecule has 0 spiro atoms. The highest BCUT2D eigenvalue weighted by atomic mass is 32.2. The fourth-order valence-corrected chi connectivity index (χ4v) is 4.15. The SMILES string of the molecule is CSc1nc(NNC(C)=O)c2c3c(sc2n1)CCCC3. The number of hydrogen-bond donors (Lipinski definition) is 2. The summed E-state index contributed by atoms with van der Waals surface area (Å²) in [4.78, 5) is 22.7. The Morgan fingerprint density at radius 1 is 1.30 bits per heavy atom. The van der Waals surface area contributed by atoms with E-state index in [0.29, 0.717) is 5.82 Å². The third-order valence-electron chi connectivity index (χ3n) is 3.33. The highest BCUT2D eigenvalue weighted by Crippen LogP contribution is 2.39. The molecule has 0 saturated heterocycles. The Hall–Kier alpha value is -1.34. The molecule has 2 aromatic rings. The van der Waals surface area contributed by atoms with Gasteiger partial charge in [-0.15, -0.1) is 11.3 Å². The summed E-state index contributed by atoms with van der Waals surface area (Å²) in [5, 5.41) is 1.81. The van der Waals surface area contributed by atoms with Crippen molar-refractivity contribution in [1.82, 2.24) is 15.4 Å². The first-order chi connectivity index (χ1) is 9.69. The van der Waals surface area contributed by atoms with Crippen LogP contribution in [0.4, 0.5) is 5.82 Å². The van der Waals surface area contributed by atoms with Gasteiger partial charge in [0.1, 0.15) is 4.83 Å². The van der Waals surface area contributed by atoms with Gasteiger partial charge in [-0.05, 0) is 37.5 Å². The second-order valence-electron chi connectivity index (χ2n) is 4.76. The molecule has 0 aromatic carbocycles. The van der Waals surface area contributed by atoms with Gasteiger partial charge in [0.2, 0.25) is 5.91 Å². The van der Waals surface area contributed by atoms with Crippen molar-refractivity contribution in [3.63, 3.8) is 0 Å². The van der Waals surface area contributed by atoms with E-state index in [1.807, 2.05) is 6.26 Å². The maximum absolute atomic E-state index is 11.1. The number of rotatable bonds is 3. The van der Waals surface area contributed by atoms with Gasteiger partial charge in [-0.1, -0.05) is 11.8 Å². The van der Waals surface area contributed by atoms with E-state index in [2.05, 4.69) is 20.8 Å². The Balaban J connectivity index is 2.13. The number of hydrogen-bond acceptors (Lipinski definition) is 6. The summed E-state index contributed by atoms with van der Waals surface area (Å²) in [5.41, 5.74) is 6.92. The minimum Gasteiger partial charge on any atom is -0.281 e. The van der Waals surface area contributed by atoms with Crippen LogP contribution in [0.2, 0.25) is 0 Å². The summed E-state index contributed by atoms with van der Waals surface area (Å²) in [5.74, 6) is 0.584. The number of anilines is 1. The molecule has 2 N–H and O–H groups in total. The number of hydrazine groups is 1. The number of aromatic nitrogens is 2. The molecule has 20 heavy (non-hydrogen) atoms. The molecule has 3 rings (SSSR count).